The van der Waals surface area contributed by atoms with Crippen LogP contribution in [0.4, 0.5) is 0 Å². The van der Waals surface area contributed by atoms with E-state index >= 15 is 0 Å². The average Bonchev–Trinajstić information content (AvgIpc) is 2.96. The van der Waals surface area contributed by atoms with E-state index in [-0.39, 0.29) is 18.1 Å². The Morgan fingerprint density at radius 1 is 1.50 bits per heavy atom. The van der Waals surface area contributed by atoms with Crippen LogP contribution in [0.2, 0.25) is 0 Å². The maximum absolute atomic E-state index is 13.1. The number of fused-ring (bicyclic) bond motifs is 1. The number of rotatable bonds is 3. The molecule has 0 spiro atoms. The molecule has 0 bridgehead atoms. The summed E-state index contributed by atoms with van der Waals surface area (Å²) in [5, 5.41) is 13.9. The van der Waals surface area contributed by atoms with Crippen molar-refractivity contribution in [1.29, 1.82) is 5.26 Å². The molecule has 0 aromatic heterocycles. The van der Waals surface area contributed by atoms with E-state index in [1.54, 1.807) is 17.2 Å². The minimum absolute atomic E-state index is 0.00291. The van der Waals surface area contributed by atoms with Gasteiger partial charge in [0.2, 0.25) is 0 Å². The number of carbonyl (C=O) groups is 1. The SMILES string of the molecule is CC(C)N(C(=O)C1=CC2=C(Br)CNN2C=C1)C1C=CC(C#N)=CN1. The lowest BCUT2D eigenvalue weighted by atomic mass is 10.1. The maximum atomic E-state index is 13.1. The minimum atomic E-state index is -0.277. The number of dihydropyridines is 1. The summed E-state index contributed by atoms with van der Waals surface area (Å²) in [6.07, 6.45) is 10.5. The fourth-order valence-electron chi connectivity index (χ4n) is 2.77. The Hall–Kier alpha value is -2.30. The molecule has 1 unspecified atom stereocenters. The largest absolute Gasteiger partial charge is 0.367 e. The number of nitrogens with zero attached hydrogens (tertiary/aromatic N) is 3. The molecule has 3 rings (SSSR count). The third-order valence-electron chi connectivity index (χ3n) is 3.97. The number of nitrogens with one attached hydrogen (secondary N) is 2. The molecule has 0 aliphatic carbocycles. The van der Waals surface area contributed by atoms with Gasteiger partial charge < -0.3 is 10.2 Å². The van der Waals surface area contributed by atoms with Crippen molar-refractivity contribution in [1.82, 2.24) is 20.7 Å². The molecule has 6 nitrogen and oxygen atoms in total. The fourth-order valence-corrected chi connectivity index (χ4v) is 3.20. The first-order valence-electron chi connectivity index (χ1n) is 7.69. The first kappa shape index (κ1) is 16.6. The zero-order valence-electron chi connectivity index (χ0n) is 13.5. The van der Waals surface area contributed by atoms with Crippen molar-refractivity contribution >= 4 is 21.8 Å². The molecule has 24 heavy (non-hydrogen) atoms. The van der Waals surface area contributed by atoms with Gasteiger partial charge in [0, 0.05) is 35.0 Å². The van der Waals surface area contributed by atoms with Gasteiger partial charge in [0.15, 0.2) is 0 Å². The molecular formula is C17H18BrN5O. The third kappa shape index (κ3) is 3.03. The Morgan fingerprint density at radius 3 is 2.92 bits per heavy atom. The summed E-state index contributed by atoms with van der Waals surface area (Å²) >= 11 is 3.52. The molecule has 0 radical (unpaired) electrons. The van der Waals surface area contributed by atoms with E-state index in [1.165, 1.54) is 0 Å². The van der Waals surface area contributed by atoms with Crippen molar-refractivity contribution < 1.29 is 4.79 Å². The number of carbonyl (C=O) groups excluding carboxylic acids is 1. The van der Waals surface area contributed by atoms with Gasteiger partial charge in [0.05, 0.1) is 11.3 Å². The van der Waals surface area contributed by atoms with Gasteiger partial charge in [-0.15, -0.1) is 0 Å². The van der Waals surface area contributed by atoms with Crippen molar-refractivity contribution in [2.24, 2.45) is 0 Å². The number of halogens is 1. The Labute approximate surface area is 149 Å². The van der Waals surface area contributed by atoms with E-state index in [4.69, 9.17) is 5.26 Å². The van der Waals surface area contributed by atoms with Crippen LogP contribution in [0.25, 0.3) is 0 Å². The van der Waals surface area contributed by atoms with Crippen LogP contribution in [0.3, 0.4) is 0 Å². The normalized spacial score (nSPS) is 22.0. The summed E-state index contributed by atoms with van der Waals surface area (Å²) < 4.78 is 1.02. The monoisotopic (exact) mass is 387 g/mol. The summed E-state index contributed by atoms with van der Waals surface area (Å²) in [6.45, 7) is 4.66. The number of hydrogen-bond donors (Lipinski definition) is 2. The van der Waals surface area contributed by atoms with Crippen LogP contribution >= 0.6 is 15.9 Å². The molecule has 0 aromatic rings. The van der Waals surface area contributed by atoms with Crippen LogP contribution in [0.15, 0.2) is 58.0 Å². The van der Waals surface area contributed by atoms with Gasteiger partial charge in [-0.05, 0) is 38.2 Å². The zero-order chi connectivity index (χ0) is 17.3. The highest BCUT2D eigenvalue weighted by atomic mass is 79.9. The summed E-state index contributed by atoms with van der Waals surface area (Å²) in [7, 11) is 0. The van der Waals surface area contributed by atoms with Gasteiger partial charge in [-0.2, -0.15) is 5.26 Å². The molecule has 3 heterocycles. The van der Waals surface area contributed by atoms with E-state index in [0.29, 0.717) is 17.7 Å². The van der Waals surface area contributed by atoms with E-state index in [1.807, 2.05) is 43.3 Å². The molecule has 0 fully saturated rings. The first-order valence-corrected chi connectivity index (χ1v) is 8.49. The number of hydrogen-bond acceptors (Lipinski definition) is 5. The molecule has 3 aliphatic rings. The van der Waals surface area contributed by atoms with E-state index in [2.05, 4.69) is 32.7 Å². The van der Waals surface area contributed by atoms with Crippen LogP contribution in [-0.4, -0.2) is 34.6 Å². The second-order valence-corrected chi connectivity index (χ2v) is 6.86. The Kier molecular flexibility index (Phi) is 4.60. The summed E-state index contributed by atoms with van der Waals surface area (Å²) in [5.74, 6) is -0.0587. The summed E-state index contributed by atoms with van der Waals surface area (Å²) in [6, 6.07) is 2.08. The smallest absolute Gasteiger partial charge is 0.256 e. The maximum Gasteiger partial charge on any atom is 0.256 e. The quantitative estimate of drug-likeness (QED) is 0.774. The van der Waals surface area contributed by atoms with Gasteiger partial charge in [-0.3, -0.25) is 9.80 Å². The predicted molar refractivity (Wildman–Crippen MR) is 94.8 cm³/mol. The molecule has 1 amide bonds. The molecule has 0 aromatic carbocycles. The second-order valence-electron chi connectivity index (χ2n) is 5.90. The van der Waals surface area contributed by atoms with Crippen molar-refractivity contribution in [3.8, 4) is 6.07 Å². The zero-order valence-corrected chi connectivity index (χ0v) is 15.0. The van der Waals surface area contributed by atoms with Crippen LogP contribution in [0.1, 0.15) is 13.8 Å². The van der Waals surface area contributed by atoms with Crippen LogP contribution in [0.5, 0.6) is 0 Å². The molecular weight excluding hydrogens is 370 g/mol. The lowest BCUT2D eigenvalue weighted by Gasteiger charge is -2.35. The standard InChI is InChI=1S/C17H18BrN5O/c1-11(2)23(16-4-3-12(8-19)9-20-16)17(24)13-5-6-22-15(7-13)14(18)10-21-22/h3-7,9,11,16,20-21H,10H2,1-2H3. The van der Waals surface area contributed by atoms with E-state index < -0.39 is 0 Å². The van der Waals surface area contributed by atoms with Crippen molar-refractivity contribution in [3.05, 3.63) is 58.0 Å². The lowest BCUT2D eigenvalue weighted by Crippen LogP contribution is -2.51. The molecule has 124 valence electrons. The predicted octanol–water partition coefficient (Wildman–Crippen LogP) is 2.00. The van der Waals surface area contributed by atoms with Gasteiger partial charge >= 0.3 is 0 Å². The van der Waals surface area contributed by atoms with Crippen molar-refractivity contribution in [2.75, 3.05) is 6.54 Å². The first-order chi connectivity index (χ1) is 11.5. The molecule has 0 saturated carbocycles. The van der Waals surface area contributed by atoms with Crippen LogP contribution < -0.4 is 10.7 Å². The minimum Gasteiger partial charge on any atom is -0.367 e. The van der Waals surface area contributed by atoms with Gasteiger partial charge in [0.25, 0.3) is 5.91 Å². The Bertz CT molecular complexity index is 753. The number of amides is 1. The summed E-state index contributed by atoms with van der Waals surface area (Å²) in [4.78, 5) is 14.8. The highest BCUT2D eigenvalue weighted by molar-refractivity contribution is 9.11. The molecule has 2 N–H and O–H groups in total. The highest BCUT2D eigenvalue weighted by Gasteiger charge is 2.29. The number of allylic oxidation sites excluding steroid dienone is 3. The van der Waals surface area contributed by atoms with Gasteiger partial charge in [-0.1, -0.05) is 15.9 Å². The molecule has 1 atom stereocenters. The third-order valence-corrected chi connectivity index (χ3v) is 4.66. The second kappa shape index (κ2) is 6.67. The van der Waals surface area contributed by atoms with Gasteiger partial charge in [0.1, 0.15) is 12.2 Å². The Balaban J connectivity index is 1.84. The van der Waals surface area contributed by atoms with Gasteiger partial charge in [-0.25, -0.2) is 5.43 Å². The average molecular weight is 388 g/mol. The summed E-state index contributed by atoms with van der Waals surface area (Å²) in [5.41, 5.74) is 5.30. The van der Waals surface area contributed by atoms with E-state index in [0.717, 1.165) is 10.2 Å². The molecule has 7 heteroatoms. The van der Waals surface area contributed by atoms with Crippen molar-refractivity contribution in [2.45, 2.75) is 26.1 Å². The number of nitriles is 1. The Morgan fingerprint density at radius 2 is 2.29 bits per heavy atom. The number of hydrazine groups is 1. The van der Waals surface area contributed by atoms with E-state index in [9.17, 15) is 4.79 Å². The topological polar surface area (TPSA) is 71.4 Å². The van der Waals surface area contributed by atoms with Crippen molar-refractivity contribution in [3.63, 3.8) is 0 Å². The molecule has 3 aliphatic heterocycles. The van der Waals surface area contributed by atoms with Crippen LogP contribution in [0, 0.1) is 11.3 Å². The van der Waals surface area contributed by atoms with Crippen LogP contribution in [-0.2, 0) is 4.79 Å². The molecule has 0 saturated heterocycles. The lowest BCUT2D eigenvalue weighted by molar-refractivity contribution is -0.130. The highest BCUT2D eigenvalue weighted by Crippen LogP contribution is 2.27. The fraction of sp³-hybridized carbons (Fsp3) is 0.294.